The van der Waals surface area contributed by atoms with E-state index >= 15 is 0 Å². The third kappa shape index (κ3) is 5.80. The van der Waals surface area contributed by atoms with Crippen molar-refractivity contribution in [3.63, 3.8) is 0 Å². The highest BCUT2D eigenvalue weighted by molar-refractivity contribution is 5.77. The minimum absolute atomic E-state index is 0.0808. The molecule has 0 radical (unpaired) electrons. The molecule has 1 aliphatic rings. The van der Waals surface area contributed by atoms with Crippen LogP contribution in [0.25, 0.3) is 0 Å². The first-order valence-electron chi connectivity index (χ1n) is 6.81. The molecule has 1 amide bonds. The molecule has 1 heterocycles. The smallest absolute Gasteiger partial charge is 0.233 e. The Morgan fingerprint density at radius 2 is 2.28 bits per heavy atom. The Hall–Kier alpha value is -0.650. The Morgan fingerprint density at radius 3 is 2.94 bits per heavy atom. The van der Waals surface area contributed by atoms with Gasteiger partial charge < -0.3 is 20.3 Å². The Bertz CT molecular complexity index is 248. The molecule has 0 saturated carbocycles. The molecule has 2 atom stereocenters. The van der Waals surface area contributed by atoms with Crippen LogP contribution in [-0.4, -0.2) is 63.8 Å². The molecule has 2 unspecified atom stereocenters. The quantitative estimate of drug-likeness (QED) is 0.634. The first kappa shape index (κ1) is 15.4. The summed E-state index contributed by atoms with van der Waals surface area (Å²) in [7, 11) is 3.82. The van der Waals surface area contributed by atoms with Gasteiger partial charge in [-0.2, -0.15) is 0 Å². The SMILES string of the molecule is COCCCNC(=O)CNC1CCN(C)CC1C. The lowest BCUT2D eigenvalue weighted by molar-refractivity contribution is -0.120. The summed E-state index contributed by atoms with van der Waals surface area (Å²) >= 11 is 0. The van der Waals surface area contributed by atoms with Gasteiger partial charge in [0, 0.05) is 32.8 Å². The van der Waals surface area contributed by atoms with Crippen LogP contribution in [0.1, 0.15) is 19.8 Å². The molecule has 0 aromatic heterocycles. The number of nitrogens with one attached hydrogen (secondary N) is 2. The number of hydrogen-bond acceptors (Lipinski definition) is 4. The van der Waals surface area contributed by atoms with Gasteiger partial charge in [-0.3, -0.25) is 4.79 Å². The molecule has 1 saturated heterocycles. The van der Waals surface area contributed by atoms with Gasteiger partial charge in [0.25, 0.3) is 0 Å². The largest absolute Gasteiger partial charge is 0.385 e. The fourth-order valence-electron chi connectivity index (χ4n) is 2.39. The zero-order chi connectivity index (χ0) is 13.4. The predicted molar refractivity (Wildman–Crippen MR) is 72.6 cm³/mol. The van der Waals surface area contributed by atoms with Gasteiger partial charge in [-0.1, -0.05) is 6.92 Å². The Morgan fingerprint density at radius 1 is 1.50 bits per heavy atom. The summed E-state index contributed by atoms with van der Waals surface area (Å²) in [4.78, 5) is 13.9. The summed E-state index contributed by atoms with van der Waals surface area (Å²) < 4.78 is 4.93. The number of likely N-dealkylation sites (tertiary alicyclic amines) is 1. The normalized spacial score (nSPS) is 25.1. The van der Waals surface area contributed by atoms with Crippen LogP contribution in [-0.2, 0) is 9.53 Å². The number of carbonyl (C=O) groups is 1. The van der Waals surface area contributed by atoms with E-state index in [0.717, 1.165) is 25.9 Å². The summed E-state index contributed by atoms with van der Waals surface area (Å²) in [5.74, 6) is 0.683. The van der Waals surface area contributed by atoms with Gasteiger partial charge in [0.15, 0.2) is 0 Å². The summed E-state index contributed by atoms with van der Waals surface area (Å²) in [6.07, 6.45) is 1.99. The average Bonchev–Trinajstić information content (AvgIpc) is 2.33. The molecule has 0 aromatic rings. The van der Waals surface area contributed by atoms with Gasteiger partial charge in [-0.15, -0.1) is 0 Å². The van der Waals surface area contributed by atoms with Crippen molar-refractivity contribution in [1.29, 1.82) is 0 Å². The lowest BCUT2D eigenvalue weighted by Crippen LogP contribution is -2.49. The van der Waals surface area contributed by atoms with Crippen molar-refractivity contribution in [3.05, 3.63) is 0 Å². The highest BCUT2D eigenvalue weighted by Crippen LogP contribution is 2.14. The molecular formula is C13H27N3O2. The Labute approximate surface area is 110 Å². The van der Waals surface area contributed by atoms with Crippen LogP contribution in [0.5, 0.6) is 0 Å². The lowest BCUT2D eigenvalue weighted by atomic mass is 9.94. The molecular weight excluding hydrogens is 230 g/mol. The molecule has 0 aromatic carbocycles. The Balaban J connectivity index is 2.10. The maximum atomic E-state index is 11.6. The first-order chi connectivity index (χ1) is 8.63. The molecule has 1 aliphatic heterocycles. The molecule has 0 bridgehead atoms. The van der Waals surface area contributed by atoms with Crippen LogP contribution in [0.4, 0.5) is 0 Å². The molecule has 18 heavy (non-hydrogen) atoms. The summed E-state index contributed by atoms with van der Waals surface area (Å²) in [6.45, 7) is 6.26. The van der Waals surface area contributed by atoms with Crippen molar-refractivity contribution in [2.24, 2.45) is 5.92 Å². The van der Waals surface area contributed by atoms with Gasteiger partial charge >= 0.3 is 0 Å². The third-order valence-corrected chi connectivity index (χ3v) is 3.48. The molecule has 106 valence electrons. The van der Waals surface area contributed by atoms with Gasteiger partial charge in [-0.25, -0.2) is 0 Å². The minimum Gasteiger partial charge on any atom is -0.385 e. The van der Waals surface area contributed by atoms with E-state index in [-0.39, 0.29) is 5.91 Å². The number of ether oxygens (including phenoxy) is 1. The summed E-state index contributed by atoms with van der Waals surface area (Å²) in [5, 5.41) is 6.25. The van der Waals surface area contributed by atoms with Gasteiger partial charge in [0.1, 0.15) is 0 Å². The molecule has 0 spiro atoms. The number of piperidine rings is 1. The maximum absolute atomic E-state index is 11.6. The van der Waals surface area contributed by atoms with Gasteiger partial charge in [0.05, 0.1) is 6.54 Å². The van der Waals surface area contributed by atoms with E-state index in [2.05, 4.69) is 29.5 Å². The second-order valence-electron chi connectivity index (χ2n) is 5.21. The number of rotatable bonds is 7. The number of methoxy groups -OCH3 is 1. The van der Waals surface area contributed by atoms with Crippen LogP contribution < -0.4 is 10.6 Å². The molecule has 2 N–H and O–H groups in total. The van der Waals surface area contributed by atoms with E-state index in [4.69, 9.17) is 4.74 Å². The number of amides is 1. The van der Waals surface area contributed by atoms with Crippen LogP contribution in [0.3, 0.4) is 0 Å². The highest BCUT2D eigenvalue weighted by atomic mass is 16.5. The monoisotopic (exact) mass is 257 g/mol. The maximum Gasteiger partial charge on any atom is 0.233 e. The molecule has 5 heteroatoms. The number of nitrogens with zero attached hydrogens (tertiary/aromatic N) is 1. The zero-order valence-corrected chi connectivity index (χ0v) is 11.9. The van der Waals surface area contributed by atoms with Gasteiger partial charge in [-0.05, 0) is 32.4 Å². The van der Waals surface area contributed by atoms with Crippen LogP contribution in [0.2, 0.25) is 0 Å². The van der Waals surface area contributed by atoms with Crippen molar-refractivity contribution in [1.82, 2.24) is 15.5 Å². The molecule has 5 nitrogen and oxygen atoms in total. The van der Waals surface area contributed by atoms with Crippen LogP contribution in [0.15, 0.2) is 0 Å². The van der Waals surface area contributed by atoms with E-state index in [0.29, 0.717) is 31.7 Å². The van der Waals surface area contributed by atoms with Crippen LogP contribution >= 0.6 is 0 Å². The molecule has 1 fully saturated rings. The average molecular weight is 257 g/mol. The minimum atomic E-state index is 0.0808. The fraction of sp³-hybridized carbons (Fsp3) is 0.923. The standard InChI is InChI=1S/C13H27N3O2/c1-11-10-16(2)7-5-12(11)15-9-13(17)14-6-4-8-18-3/h11-12,15H,4-10H2,1-3H3,(H,14,17). The molecule has 1 rings (SSSR count). The second kappa shape index (κ2) is 8.45. The zero-order valence-electron chi connectivity index (χ0n) is 11.9. The van der Waals surface area contributed by atoms with Crippen molar-refractivity contribution < 1.29 is 9.53 Å². The van der Waals surface area contributed by atoms with E-state index in [1.807, 2.05) is 0 Å². The van der Waals surface area contributed by atoms with E-state index in [9.17, 15) is 4.79 Å². The van der Waals surface area contributed by atoms with Crippen LogP contribution in [0, 0.1) is 5.92 Å². The number of carbonyl (C=O) groups excluding carboxylic acids is 1. The lowest BCUT2D eigenvalue weighted by Gasteiger charge is -2.35. The van der Waals surface area contributed by atoms with E-state index in [1.54, 1.807) is 7.11 Å². The highest BCUT2D eigenvalue weighted by Gasteiger charge is 2.23. The topological polar surface area (TPSA) is 53.6 Å². The van der Waals surface area contributed by atoms with Gasteiger partial charge in [0.2, 0.25) is 5.91 Å². The van der Waals surface area contributed by atoms with Crippen molar-refractivity contribution in [2.45, 2.75) is 25.8 Å². The second-order valence-corrected chi connectivity index (χ2v) is 5.21. The van der Waals surface area contributed by atoms with Crippen molar-refractivity contribution in [3.8, 4) is 0 Å². The van der Waals surface area contributed by atoms with Crippen molar-refractivity contribution in [2.75, 3.05) is 46.9 Å². The predicted octanol–water partition coefficient (Wildman–Crippen LogP) is 0.0689. The van der Waals surface area contributed by atoms with E-state index < -0.39 is 0 Å². The fourth-order valence-corrected chi connectivity index (χ4v) is 2.39. The third-order valence-electron chi connectivity index (χ3n) is 3.48. The first-order valence-corrected chi connectivity index (χ1v) is 6.81. The molecule has 0 aliphatic carbocycles. The summed E-state index contributed by atoms with van der Waals surface area (Å²) in [5.41, 5.74) is 0. The summed E-state index contributed by atoms with van der Waals surface area (Å²) in [6, 6.07) is 0.464. The number of hydrogen-bond donors (Lipinski definition) is 2. The van der Waals surface area contributed by atoms with Crippen molar-refractivity contribution >= 4 is 5.91 Å². The Kier molecular flexibility index (Phi) is 7.23. The van der Waals surface area contributed by atoms with E-state index in [1.165, 1.54) is 0 Å².